The summed E-state index contributed by atoms with van der Waals surface area (Å²) in [4.78, 5) is 30.6. The number of halogens is 1. The molecular formula is C18H23ClN6O3. The lowest BCUT2D eigenvalue weighted by atomic mass is 10.0. The molecule has 28 heavy (non-hydrogen) atoms. The fraction of sp³-hybridized carbons (Fsp3) is 0.500. The van der Waals surface area contributed by atoms with Crippen LogP contribution in [0.3, 0.4) is 0 Å². The van der Waals surface area contributed by atoms with E-state index in [0.717, 1.165) is 0 Å². The van der Waals surface area contributed by atoms with Crippen LogP contribution in [0.2, 0.25) is 5.02 Å². The van der Waals surface area contributed by atoms with E-state index in [0.29, 0.717) is 42.3 Å². The van der Waals surface area contributed by atoms with Crippen molar-refractivity contribution in [3.63, 3.8) is 0 Å². The van der Waals surface area contributed by atoms with Crippen LogP contribution in [0.5, 0.6) is 0 Å². The summed E-state index contributed by atoms with van der Waals surface area (Å²) in [5, 5.41) is 10.6. The first-order valence-electron chi connectivity index (χ1n) is 9.02. The van der Waals surface area contributed by atoms with Crippen LogP contribution in [0.15, 0.2) is 24.9 Å². The average molecular weight is 407 g/mol. The minimum atomic E-state index is -0.536. The molecule has 3 rings (SSSR count). The van der Waals surface area contributed by atoms with Gasteiger partial charge in [-0.3, -0.25) is 9.36 Å². The molecule has 1 fully saturated rings. The standard InChI is InChI=1S/C18H23ClN6O3/c1-18(2,3)28-17(27)23-13-4-6-24(7-5-13)16(26)12-8-14(19)15(20-9-12)25-10-21-22-11-25/h8-11,13H,4-7H2,1-3H3,(H,23,27). The molecule has 0 bridgehead atoms. The monoisotopic (exact) mass is 406 g/mol. The number of carbonyl (C=O) groups excluding carboxylic acids is 2. The largest absolute Gasteiger partial charge is 0.444 e. The van der Waals surface area contributed by atoms with E-state index in [4.69, 9.17) is 16.3 Å². The van der Waals surface area contributed by atoms with E-state index in [1.807, 2.05) is 20.8 Å². The molecule has 0 aliphatic carbocycles. The molecule has 3 heterocycles. The van der Waals surface area contributed by atoms with Crippen LogP contribution < -0.4 is 5.32 Å². The number of alkyl carbamates (subject to hydrolysis) is 1. The topological polar surface area (TPSA) is 102 Å². The van der Waals surface area contributed by atoms with E-state index in [9.17, 15) is 9.59 Å². The number of hydrogen-bond donors (Lipinski definition) is 1. The molecule has 0 unspecified atom stereocenters. The fourth-order valence-corrected chi connectivity index (χ4v) is 3.20. The van der Waals surface area contributed by atoms with Gasteiger partial charge < -0.3 is 15.0 Å². The molecule has 0 saturated carbocycles. The highest BCUT2D eigenvalue weighted by atomic mass is 35.5. The first-order valence-corrected chi connectivity index (χ1v) is 9.40. The van der Waals surface area contributed by atoms with Crippen molar-refractivity contribution in [2.75, 3.05) is 13.1 Å². The number of likely N-dealkylation sites (tertiary alicyclic amines) is 1. The van der Waals surface area contributed by atoms with E-state index in [2.05, 4.69) is 20.5 Å². The molecule has 1 N–H and O–H groups in total. The molecule has 2 aromatic heterocycles. The number of piperidine rings is 1. The zero-order valence-corrected chi connectivity index (χ0v) is 16.8. The smallest absolute Gasteiger partial charge is 0.407 e. The highest BCUT2D eigenvalue weighted by molar-refractivity contribution is 6.32. The number of ether oxygens (including phenoxy) is 1. The van der Waals surface area contributed by atoms with Gasteiger partial charge in [0, 0.05) is 25.3 Å². The lowest BCUT2D eigenvalue weighted by Crippen LogP contribution is -2.47. The molecule has 1 aliphatic heterocycles. The Kier molecular flexibility index (Phi) is 5.83. The van der Waals surface area contributed by atoms with Crippen LogP contribution in [-0.2, 0) is 4.74 Å². The third-order valence-electron chi connectivity index (χ3n) is 4.24. The van der Waals surface area contributed by atoms with Gasteiger partial charge in [0.15, 0.2) is 5.82 Å². The zero-order valence-electron chi connectivity index (χ0n) is 16.1. The van der Waals surface area contributed by atoms with Crippen LogP contribution >= 0.6 is 11.6 Å². The van der Waals surface area contributed by atoms with Gasteiger partial charge in [-0.2, -0.15) is 0 Å². The number of aromatic nitrogens is 4. The van der Waals surface area contributed by atoms with E-state index >= 15 is 0 Å². The lowest BCUT2D eigenvalue weighted by molar-refractivity contribution is 0.0473. The number of carbonyl (C=O) groups is 2. The number of amides is 2. The van der Waals surface area contributed by atoms with Crippen molar-refractivity contribution in [3.8, 4) is 5.82 Å². The van der Waals surface area contributed by atoms with Crippen molar-refractivity contribution in [2.24, 2.45) is 0 Å². The Labute approximate surface area is 168 Å². The highest BCUT2D eigenvalue weighted by Crippen LogP contribution is 2.21. The highest BCUT2D eigenvalue weighted by Gasteiger charge is 2.26. The van der Waals surface area contributed by atoms with Crippen molar-refractivity contribution in [2.45, 2.75) is 45.3 Å². The quantitative estimate of drug-likeness (QED) is 0.839. The van der Waals surface area contributed by atoms with Crippen molar-refractivity contribution in [3.05, 3.63) is 35.5 Å². The summed E-state index contributed by atoms with van der Waals surface area (Å²) >= 11 is 6.27. The number of nitrogens with zero attached hydrogens (tertiary/aromatic N) is 5. The van der Waals surface area contributed by atoms with Crippen molar-refractivity contribution in [1.29, 1.82) is 0 Å². The van der Waals surface area contributed by atoms with Gasteiger partial charge in [0.2, 0.25) is 0 Å². The molecule has 0 aromatic carbocycles. The molecule has 2 amide bonds. The van der Waals surface area contributed by atoms with Gasteiger partial charge in [-0.1, -0.05) is 11.6 Å². The van der Waals surface area contributed by atoms with E-state index in [1.54, 1.807) is 15.5 Å². The minimum Gasteiger partial charge on any atom is -0.444 e. The first-order chi connectivity index (χ1) is 13.2. The summed E-state index contributed by atoms with van der Waals surface area (Å²) in [7, 11) is 0. The summed E-state index contributed by atoms with van der Waals surface area (Å²) in [6.45, 7) is 6.53. The molecule has 150 valence electrons. The average Bonchev–Trinajstić information content (AvgIpc) is 3.14. The van der Waals surface area contributed by atoms with Crippen LogP contribution in [0.25, 0.3) is 5.82 Å². The zero-order chi connectivity index (χ0) is 20.3. The van der Waals surface area contributed by atoms with Crippen LogP contribution in [-0.4, -0.2) is 61.4 Å². The Morgan fingerprint density at radius 3 is 2.43 bits per heavy atom. The van der Waals surface area contributed by atoms with Gasteiger partial charge in [-0.15, -0.1) is 10.2 Å². The van der Waals surface area contributed by atoms with E-state index < -0.39 is 11.7 Å². The Bertz CT molecular complexity index is 842. The SMILES string of the molecule is CC(C)(C)OC(=O)NC1CCN(C(=O)c2cnc(-n3cnnc3)c(Cl)c2)CC1. The number of hydrogen-bond acceptors (Lipinski definition) is 6. The Hall–Kier alpha value is -2.68. The molecule has 9 nitrogen and oxygen atoms in total. The van der Waals surface area contributed by atoms with Gasteiger partial charge in [0.25, 0.3) is 5.91 Å². The summed E-state index contributed by atoms with van der Waals surface area (Å²) in [5.41, 5.74) is -0.119. The van der Waals surface area contributed by atoms with Crippen molar-refractivity contribution >= 4 is 23.6 Å². The predicted octanol–water partition coefficient (Wildman–Crippen LogP) is 2.45. The molecule has 2 aromatic rings. The van der Waals surface area contributed by atoms with Crippen LogP contribution in [0.1, 0.15) is 44.0 Å². The van der Waals surface area contributed by atoms with Crippen LogP contribution in [0, 0.1) is 0 Å². The molecule has 1 saturated heterocycles. The third-order valence-corrected chi connectivity index (χ3v) is 4.51. The van der Waals surface area contributed by atoms with Gasteiger partial charge in [0.1, 0.15) is 18.3 Å². The molecule has 0 spiro atoms. The van der Waals surface area contributed by atoms with E-state index in [1.165, 1.54) is 18.9 Å². The fourth-order valence-electron chi connectivity index (χ4n) is 2.93. The van der Waals surface area contributed by atoms with Gasteiger partial charge in [-0.05, 0) is 39.7 Å². The third kappa shape index (κ3) is 4.98. The minimum absolute atomic E-state index is 0.0169. The lowest BCUT2D eigenvalue weighted by Gasteiger charge is -2.33. The van der Waals surface area contributed by atoms with Gasteiger partial charge in [0.05, 0.1) is 10.6 Å². The molecular weight excluding hydrogens is 384 g/mol. The number of pyridine rings is 1. The second-order valence-corrected chi connectivity index (χ2v) is 8.02. The van der Waals surface area contributed by atoms with Crippen molar-refractivity contribution < 1.29 is 14.3 Å². The maximum absolute atomic E-state index is 12.8. The predicted molar refractivity (Wildman–Crippen MR) is 102 cm³/mol. The van der Waals surface area contributed by atoms with Crippen molar-refractivity contribution in [1.82, 2.24) is 30.0 Å². The second-order valence-electron chi connectivity index (χ2n) is 7.61. The van der Waals surface area contributed by atoms with Gasteiger partial charge >= 0.3 is 6.09 Å². The Morgan fingerprint density at radius 1 is 1.21 bits per heavy atom. The molecule has 1 aliphatic rings. The Morgan fingerprint density at radius 2 is 1.86 bits per heavy atom. The maximum atomic E-state index is 12.8. The van der Waals surface area contributed by atoms with Crippen LogP contribution in [0.4, 0.5) is 4.79 Å². The summed E-state index contributed by atoms with van der Waals surface area (Å²) in [5.74, 6) is 0.323. The first kappa shape index (κ1) is 20.1. The molecule has 10 heteroatoms. The maximum Gasteiger partial charge on any atom is 0.407 e. The molecule has 0 radical (unpaired) electrons. The summed E-state index contributed by atoms with van der Waals surface area (Å²) < 4.78 is 6.85. The summed E-state index contributed by atoms with van der Waals surface area (Å²) in [6, 6.07) is 1.58. The Balaban J connectivity index is 1.57. The second kappa shape index (κ2) is 8.14. The summed E-state index contributed by atoms with van der Waals surface area (Å²) in [6.07, 6.45) is 5.35. The number of rotatable bonds is 3. The number of nitrogens with one attached hydrogen (secondary N) is 1. The normalized spacial score (nSPS) is 15.4. The van der Waals surface area contributed by atoms with Gasteiger partial charge in [-0.25, -0.2) is 9.78 Å². The molecule has 0 atom stereocenters. The van der Waals surface area contributed by atoms with E-state index in [-0.39, 0.29) is 11.9 Å².